The first-order chi connectivity index (χ1) is 12.3. The van der Waals surface area contributed by atoms with Crippen molar-refractivity contribution in [3.05, 3.63) is 39.6 Å². The summed E-state index contributed by atoms with van der Waals surface area (Å²) in [5, 5.41) is 5.79. The van der Waals surface area contributed by atoms with Crippen LogP contribution < -0.4 is 4.74 Å². The van der Waals surface area contributed by atoms with E-state index in [4.69, 9.17) is 21.9 Å². The second-order valence-corrected chi connectivity index (χ2v) is 8.28. The average molecular weight is 396 g/mol. The lowest BCUT2D eigenvalue weighted by Crippen LogP contribution is -2.19. The molecule has 2 heterocycles. The van der Waals surface area contributed by atoms with Crippen LogP contribution in [0.2, 0.25) is 5.15 Å². The largest absolute Gasteiger partial charge is 0.474 e. The summed E-state index contributed by atoms with van der Waals surface area (Å²) in [4.78, 5) is 11.6. The Morgan fingerprint density at radius 3 is 2.77 bits per heavy atom. The number of nitrogens with zero attached hydrogens (tertiary/aromatic N) is 5. The monoisotopic (exact) mass is 395 g/mol. The zero-order valence-electron chi connectivity index (χ0n) is 15.3. The van der Waals surface area contributed by atoms with Gasteiger partial charge in [-0.05, 0) is 49.2 Å². The van der Waals surface area contributed by atoms with Gasteiger partial charge in [0.25, 0.3) is 0 Å². The molecular weight excluding hydrogens is 374 g/mol. The normalized spacial score (nSPS) is 15.7. The summed E-state index contributed by atoms with van der Waals surface area (Å²) in [7, 11) is -0.870. The van der Waals surface area contributed by atoms with E-state index in [1.807, 2.05) is 20.8 Å². The summed E-state index contributed by atoms with van der Waals surface area (Å²) in [6.45, 7) is 5.71. The van der Waals surface area contributed by atoms with Crippen LogP contribution in [0.15, 0.2) is 23.6 Å². The van der Waals surface area contributed by atoms with Crippen molar-refractivity contribution in [2.75, 3.05) is 12.0 Å². The van der Waals surface area contributed by atoms with E-state index in [9.17, 15) is 4.21 Å². The molecule has 0 aliphatic heterocycles. The SMILES string of the molecule is CCC(C)(N=[N+]=[N-])c1cnc(OC(C)CC[S@](C)=O)c2cnc(Cl)cc12. The lowest BCUT2D eigenvalue weighted by Gasteiger charge is -2.25. The van der Waals surface area contributed by atoms with Gasteiger partial charge in [0, 0.05) is 40.1 Å². The van der Waals surface area contributed by atoms with Crippen LogP contribution in [0.3, 0.4) is 0 Å². The first-order valence-corrected chi connectivity index (χ1v) is 10.4. The summed E-state index contributed by atoms with van der Waals surface area (Å²) < 4.78 is 17.2. The molecule has 0 aliphatic rings. The molecule has 9 heteroatoms. The van der Waals surface area contributed by atoms with Crippen molar-refractivity contribution in [2.24, 2.45) is 5.11 Å². The van der Waals surface area contributed by atoms with Crippen LogP contribution in [0.4, 0.5) is 0 Å². The van der Waals surface area contributed by atoms with Gasteiger partial charge in [0.05, 0.1) is 17.0 Å². The summed E-state index contributed by atoms with van der Waals surface area (Å²) in [6.07, 6.45) is 6.05. The third-order valence-corrected chi connectivity index (χ3v) is 5.38. The molecule has 3 atom stereocenters. The Labute approximate surface area is 160 Å². The smallest absolute Gasteiger partial charge is 0.223 e. The first-order valence-electron chi connectivity index (χ1n) is 8.28. The maximum atomic E-state index is 11.3. The van der Waals surface area contributed by atoms with Gasteiger partial charge in [0.2, 0.25) is 5.88 Å². The molecule has 0 fully saturated rings. The van der Waals surface area contributed by atoms with E-state index in [-0.39, 0.29) is 6.10 Å². The van der Waals surface area contributed by atoms with Crippen molar-refractivity contribution in [3.8, 4) is 5.88 Å². The van der Waals surface area contributed by atoms with E-state index in [2.05, 4.69) is 20.0 Å². The molecule has 2 aromatic rings. The number of ether oxygens (including phenoxy) is 1. The van der Waals surface area contributed by atoms with Crippen LogP contribution in [0, 0.1) is 0 Å². The molecule has 0 N–H and O–H groups in total. The summed E-state index contributed by atoms with van der Waals surface area (Å²) in [5.74, 6) is 0.994. The van der Waals surface area contributed by atoms with E-state index in [1.54, 1.807) is 24.7 Å². The first kappa shape index (κ1) is 20.4. The molecule has 0 saturated heterocycles. The molecule has 140 valence electrons. The highest BCUT2D eigenvalue weighted by atomic mass is 35.5. The summed E-state index contributed by atoms with van der Waals surface area (Å²) in [5.41, 5.74) is 8.96. The average Bonchev–Trinajstić information content (AvgIpc) is 2.60. The second-order valence-electron chi connectivity index (χ2n) is 6.34. The minimum Gasteiger partial charge on any atom is -0.474 e. The van der Waals surface area contributed by atoms with Crippen molar-refractivity contribution < 1.29 is 8.95 Å². The Morgan fingerprint density at radius 1 is 1.42 bits per heavy atom. The highest BCUT2D eigenvalue weighted by Gasteiger charge is 2.27. The fourth-order valence-corrected chi connectivity index (χ4v) is 3.43. The number of pyridine rings is 2. The van der Waals surface area contributed by atoms with Crippen LogP contribution in [0.25, 0.3) is 21.2 Å². The number of hydrogen-bond acceptors (Lipinski definition) is 5. The molecule has 7 nitrogen and oxygen atoms in total. The Morgan fingerprint density at radius 2 is 2.15 bits per heavy atom. The molecule has 2 aromatic heterocycles. The molecule has 2 unspecified atom stereocenters. The highest BCUT2D eigenvalue weighted by molar-refractivity contribution is 7.84. The van der Waals surface area contributed by atoms with Crippen LogP contribution in [0.1, 0.15) is 39.2 Å². The third-order valence-electron chi connectivity index (χ3n) is 4.36. The second kappa shape index (κ2) is 8.66. The standard InChI is InChI=1S/C17H22ClN5O2S/c1-5-17(3,22-23-19)14-10-21-16(25-11(2)6-7-26(4)24)13-9-20-15(18)8-12(13)14/h8-11H,5-7H2,1-4H3/t11?,17?,26-/m0/s1. The molecule has 0 saturated carbocycles. The van der Waals surface area contributed by atoms with Crippen LogP contribution in [-0.4, -0.2) is 32.3 Å². The Kier molecular flexibility index (Phi) is 6.81. The molecule has 2 rings (SSSR count). The molecule has 0 spiro atoms. The number of fused-ring (bicyclic) bond motifs is 1. The van der Waals surface area contributed by atoms with Gasteiger partial charge in [-0.1, -0.05) is 23.6 Å². The van der Waals surface area contributed by atoms with E-state index >= 15 is 0 Å². The van der Waals surface area contributed by atoms with Crippen molar-refractivity contribution in [3.63, 3.8) is 0 Å². The maximum absolute atomic E-state index is 11.3. The topological polar surface area (TPSA) is 101 Å². The van der Waals surface area contributed by atoms with Crippen molar-refractivity contribution in [1.29, 1.82) is 0 Å². The van der Waals surface area contributed by atoms with E-state index in [0.29, 0.717) is 35.0 Å². The quantitative estimate of drug-likeness (QED) is 0.278. The number of halogens is 1. The molecular formula is C17H22ClN5O2S. The van der Waals surface area contributed by atoms with Gasteiger partial charge >= 0.3 is 0 Å². The lowest BCUT2D eigenvalue weighted by atomic mass is 9.88. The summed E-state index contributed by atoms with van der Waals surface area (Å²) in [6, 6.07) is 1.73. The van der Waals surface area contributed by atoms with Gasteiger partial charge in [0.1, 0.15) is 5.15 Å². The van der Waals surface area contributed by atoms with Gasteiger partial charge in [-0.15, -0.1) is 0 Å². The molecule has 0 amide bonds. The zero-order valence-corrected chi connectivity index (χ0v) is 16.8. The minimum absolute atomic E-state index is 0.147. The fourth-order valence-electron chi connectivity index (χ4n) is 2.60. The van der Waals surface area contributed by atoms with Gasteiger partial charge in [0.15, 0.2) is 0 Å². The van der Waals surface area contributed by atoms with Crippen molar-refractivity contribution in [1.82, 2.24) is 9.97 Å². The van der Waals surface area contributed by atoms with Crippen molar-refractivity contribution in [2.45, 2.75) is 45.3 Å². The highest BCUT2D eigenvalue weighted by Crippen LogP contribution is 2.37. The van der Waals surface area contributed by atoms with Gasteiger partial charge in [-0.3, -0.25) is 4.21 Å². The molecule has 0 bridgehead atoms. The number of aromatic nitrogens is 2. The van der Waals surface area contributed by atoms with Crippen LogP contribution >= 0.6 is 11.6 Å². The number of rotatable bonds is 8. The number of azide groups is 1. The number of hydrogen-bond donors (Lipinski definition) is 0. The third kappa shape index (κ3) is 4.63. The van der Waals surface area contributed by atoms with E-state index in [0.717, 1.165) is 10.9 Å². The Hall–Kier alpha value is -1.89. The predicted octanol–water partition coefficient (Wildman–Crippen LogP) is 4.75. The van der Waals surface area contributed by atoms with Crippen LogP contribution in [0.5, 0.6) is 5.88 Å². The van der Waals surface area contributed by atoms with Gasteiger partial charge < -0.3 is 4.74 Å². The molecule has 0 radical (unpaired) electrons. The van der Waals surface area contributed by atoms with Crippen molar-refractivity contribution >= 4 is 33.2 Å². The fraction of sp³-hybridized carbons (Fsp3) is 0.529. The molecule has 0 aromatic carbocycles. The summed E-state index contributed by atoms with van der Waals surface area (Å²) >= 11 is 6.09. The van der Waals surface area contributed by atoms with Gasteiger partial charge in [-0.2, -0.15) is 0 Å². The molecule has 26 heavy (non-hydrogen) atoms. The van der Waals surface area contributed by atoms with E-state index < -0.39 is 16.3 Å². The Balaban J connectivity index is 2.52. The van der Waals surface area contributed by atoms with Crippen LogP contribution in [-0.2, 0) is 16.3 Å². The van der Waals surface area contributed by atoms with E-state index in [1.165, 1.54) is 0 Å². The van der Waals surface area contributed by atoms with Gasteiger partial charge in [-0.25, -0.2) is 9.97 Å². The predicted molar refractivity (Wildman–Crippen MR) is 105 cm³/mol. The maximum Gasteiger partial charge on any atom is 0.223 e. The molecule has 0 aliphatic carbocycles. The lowest BCUT2D eigenvalue weighted by molar-refractivity contribution is 0.212. The minimum atomic E-state index is -0.870. The zero-order chi connectivity index (χ0) is 19.3. The Bertz CT molecular complexity index is 872.